The van der Waals surface area contributed by atoms with Gasteiger partial charge in [-0.1, -0.05) is 12.1 Å². The van der Waals surface area contributed by atoms with Gasteiger partial charge in [-0.2, -0.15) is 5.10 Å². The van der Waals surface area contributed by atoms with Crippen LogP contribution in [0.2, 0.25) is 0 Å². The molecule has 2 N–H and O–H groups in total. The van der Waals surface area contributed by atoms with Gasteiger partial charge in [0.2, 0.25) is 0 Å². The number of para-hydroxylation sites is 2. The van der Waals surface area contributed by atoms with Gasteiger partial charge >= 0.3 is 5.97 Å². The maximum absolute atomic E-state index is 11.9. The van der Waals surface area contributed by atoms with Crippen molar-refractivity contribution in [2.24, 2.45) is 0 Å². The number of rotatable bonds is 5. The number of nitrogens with zero attached hydrogens (tertiary/aromatic N) is 3. The minimum absolute atomic E-state index is 0.109. The normalized spacial score (nSPS) is 10.8. The van der Waals surface area contributed by atoms with Gasteiger partial charge in [-0.25, -0.2) is 4.98 Å². The van der Waals surface area contributed by atoms with E-state index in [0.717, 1.165) is 16.7 Å². The number of carbonyl (C=O) groups excluding carboxylic acids is 1. The second-order valence-corrected chi connectivity index (χ2v) is 4.73. The first-order valence-corrected chi connectivity index (χ1v) is 7.07. The van der Waals surface area contributed by atoms with Crippen molar-refractivity contribution in [1.82, 2.24) is 19.7 Å². The zero-order valence-corrected chi connectivity index (χ0v) is 12.5. The fourth-order valence-corrected chi connectivity index (χ4v) is 2.34. The molecule has 0 aliphatic rings. The van der Waals surface area contributed by atoms with Gasteiger partial charge in [0.05, 0.1) is 17.6 Å². The standard InChI is InChI=1S/C15H17N5O2/c1-3-22-14(21)9-20-12-7-5-4-6-10(12)17-15(20)11-8-13(16-2)19-18-11/h4-8H,3,9H2,1-2H3,(H2,16,18,19). The molecule has 2 heterocycles. The lowest BCUT2D eigenvalue weighted by Gasteiger charge is -2.07. The van der Waals surface area contributed by atoms with E-state index in [2.05, 4.69) is 20.5 Å². The number of esters is 1. The van der Waals surface area contributed by atoms with Crippen molar-refractivity contribution >= 4 is 22.8 Å². The van der Waals surface area contributed by atoms with Crippen molar-refractivity contribution in [2.75, 3.05) is 19.0 Å². The highest BCUT2D eigenvalue weighted by Crippen LogP contribution is 2.24. The molecule has 0 unspecified atom stereocenters. The maximum atomic E-state index is 11.9. The molecule has 0 saturated heterocycles. The number of hydrogen-bond donors (Lipinski definition) is 2. The Kier molecular flexibility index (Phi) is 3.78. The fourth-order valence-electron chi connectivity index (χ4n) is 2.34. The molecule has 1 aromatic carbocycles. The van der Waals surface area contributed by atoms with Crippen LogP contribution < -0.4 is 5.32 Å². The maximum Gasteiger partial charge on any atom is 0.326 e. The lowest BCUT2D eigenvalue weighted by atomic mass is 10.3. The third kappa shape index (κ3) is 2.52. The summed E-state index contributed by atoms with van der Waals surface area (Å²) in [4.78, 5) is 16.5. The first-order chi connectivity index (χ1) is 10.7. The molecule has 0 radical (unpaired) electrons. The number of hydrogen-bond acceptors (Lipinski definition) is 5. The Balaban J connectivity index is 2.09. The fraction of sp³-hybridized carbons (Fsp3) is 0.267. The number of H-pyrrole nitrogens is 1. The van der Waals surface area contributed by atoms with Crippen molar-refractivity contribution in [2.45, 2.75) is 13.5 Å². The van der Waals surface area contributed by atoms with Crippen LogP contribution in [0.15, 0.2) is 30.3 Å². The zero-order valence-electron chi connectivity index (χ0n) is 12.5. The molecule has 114 valence electrons. The van der Waals surface area contributed by atoms with E-state index in [4.69, 9.17) is 4.74 Å². The van der Waals surface area contributed by atoms with Crippen LogP contribution in [0, 0.1) is 0 Å². The Bertz CT molecular complexity index is 805. The van der Waals surface area contributed by atoms with Crippen molar-refractivity contribution < 1.29 is 9.53 Å². The number of aromatic nitrogens is 4. The van der Waals surface area contributed by atoms with Crippen molar-refractivity contribution in [3.8, 4) is 11.5 Å². The number of carbonyl (C=O) groups is 1. The minimum Gasteiger partial charge on any atom is -0.465 e. The van der Waals surface area contributed by atoms with Gasteiger partial charge in [0.25, 0.3) is 0 Å². The lowest BCUT2D eigenvalue weighted by molar-refractivity contribution is -0.143. The smallest absolute Gasteiger partial charge is 0.326 e. The average Bonchev–Trinajstić information content (AvgIpc) is 3.12. The number of aromatic amines is 1. The van der Waals surface area contributed by atoms with Crippen molar-refractivity contribution in [3.63, 3.8) is 0 Å². The number of imidazole rings is 1. The van der Waals surface area contributed by atoms with E-state index < -0.39 is 0 Å². The molecule has 3 rings (SSSR count). The SMILES string of the molecule is CCOC(=O)Cn1c(-c2cc(NC)n[nH]2)nc2ccccc21. The highest BCUT2D eigenvalue weighted by molar-refractivity contribution is 5.82. The van der Waals surface area contributed by atoms with Gasteiger partial charge in [-0.3, -0.25) is 9.89 Å². The molecule has 7 nitrogen and oxygen atoms in total. The van der Waals surface area contributed by atoms with Crippen molar-refractivity contribution in [3.05, 3.63) is 30.3 Å². The average molecular weight is 299 g/mol. The van der Waals surface area contributed by atoms with Gasteiger partial charge in [0, 0.05) is 13.1 Å². The first-order valence-electron chi connectivity index (χ1n) is 7.07. The van der Waals surface area contributed by atoms with E-state index in [1.165, 1.54) is 0 Å². The highest BCUT2D eigenvalue weighted by atomic mass is 16.5. The molecule has 0 fully saturated rings. The van der Waals surface area contributed by atoms with E-state index in [1.54, 1.807) is 14.0 Å². The summed E-state index contributed by atoms with van der Waals surface area (Å²) in [7, 11) is 1.79. The highest BCUT2D eigenvalue weighted by Gasteiger charge is 2.17. The molecular formula is C15H17N5O2. The van der Waals surface area contributed by atoms with Crippen LogP contribution in [-0.4, -0.2) is 39.4 Å². The van der Waals surface area contributed by atoms with Gasteiger partial charge in [0.15, 0.2) is 5.82 Å². The number of fused-ring (bicyclic) bond motifs is 1. The Morgan fingerprint density at radius 2 is 2.23 bits per heavy atom. The largest absolute Gasteiger partial charge is 0.465 e. The molecule has 0 spiro atoms. The van der Waals surface area contributed by atoms with E-state index >= 15 is 0 Å². The zero-order chi connectivity index (χ0) is 15.5. The van der Waals surface area contributed by atoms with Crippen LogP contribution in [-0.2, 0) is 16.1 Å². The van der Waals surface area contributed by atoms with Gasteiger partial charge in [-0.05, 0) is 19.1 Å². The molecule has 22 heavy (non-hydrogen) atoms. The Labute approximate surface area is 127 Å². The van der Waals surface area contributed by atoms with E-state index in [9.17, 15) is 4.79 Å². The molecular weight excluding hydrogens is 282 g/mol. The number of ether oxygens (including phenoxy) is 1. The monoisotopic (exact) mass is 299 g/mol. The van der Waals surface area contributed by atoms with Gasteiger partial charge < -0.3 is 14.6 Å². The number of benzene rings is 1. The Morgan fingerprint density at radius 3 is 2.95 bits per heavy atom. The summed E-state index contributed by atoms with van der Waals surface area (Å²) in [5.41, 5.74) is 2.44. The molecule has 3 aromatic rings. The summed E-state index contributed by atoms with van der Waals surface area (Å²) in [6.45, 7) is 2.26. The Morgan fingerprint density at radius 1 is 1.41 bits per heavy atom. The van der Waals surface area contributed by atoms with Gasteiger partial charge in [0.1, 0.15) is 18.1 Å². The van der Waals surface area contributed by atoms with Crippen LogP contribution in [0.3, 0.4) is 0 Å². The van der Waals surface area contributed by atoms with Crippen LogP contribution in [0.4, 0.5) is 5.82 Å². The third-order valence-electron chi connectivity index (χ3n) is 3.32. The van der Waals surface area contributed by atoms with E-state index in [0.29, 0.717) is 18.2 Å². The van der Waals surface area contributed by atoms with Crippen LogP contribution >= 0.6 is 0 Å². The summed E-state index contributed by atoms with van der Waals surface area (Å²) >= 11 is 0. The molecule has 7 heteroatoms. The second kappa shape index (κ2) is 5.88. The summed E-state index contributed by atoms with van der Waals surface area (Å²) in [6, 6.07) is 9.53. The van der Waals surface area contributed by atoms with E-state index in [-0.39, 0.29) is 12.5 Å². The molecule has 0 atom stereocenters. The summed E-state index contributed by atoms with van der Waals surface area (Å²) in [5, 5.41) is 10.0. The molecule has 0 aliphatic heterocycles. The summed E-state index contributed by atoms with van der Waals surface area (Å²) in [6.07, 6.45) is 0. The predicted molar refractivity (Wildman–Crippen MR) is 83.5 cm³/mol. The first kappa shape index (κ1) is 14.1. The topological polar surface area (TPSA) is 84.8 Å². The third-order valence-corrected chi connectivity index (χ3v) is 3.32. The van der Waals surface area contributed by atoms with Crippen molar-refractivity contribution in [1.29, 1.82) is 0 Å². The number of nitrogens with one attached hydrogen (secondary N) is 2. The van der Waals surface area contributed by atoms with Gasteiger partial charge in [-0.15, -0.1) is 0 Å². The molecule has 0 bridgehead atoms. The molecule has 0 aliphatic carbocycles. The molecule has 0 amide bonds. The van der Waals surface area contributed by atoms with E-state index in [1.807, 2.05) is 34.9 Å². The van der Waals surface area contributed by atoms with Crippen LogP contribution in [0.1, 0.15) is 6.92 Å². The second-order valence-electron chi connectivity index (χ2n) is 4.73. The quantitative estimate of drug-likeness (QED) is 0.704. The summed E-state index contributed by atoms with van der Waals surface area (Å²) in [5.74, 6) is 1.08. The minimum atomic E-state index is -0.291. The summed E-state index contributed by atoms with van der Waals surface area (Å²) < 4.78 is 6.89. The number of anilines is 1. The van der Waals surface area contributed by atoms with Crippen LogP contribution in [0.25, 0.3) is 22.6 Å². The molecule has 0 saturated carbocycles. The molecule has 2 aromatic heterocycles. The lowest BCUT2D eigenvalue weighted by Crippen LogP contribution is -2.14. The van der Waals surface area contributed by atoms with Crippen LogP contribution in [0.5, 0.6) is 0 Å². The predicted octanol–water partition coefficient (Wildman–Crippen LogP) is 2.03. The Hall–Kier alpha value is -2.83.